The second-order valence-electron chi connectivity index (χ2n) is 5.28. The van der Waals surface area contributed by atoms with Gasteiger partial charge in [0.1, 0.15) is 0 Å². The van der Waals surface area contributed by atoms with Crippen LogP contribution in [-0.2, 0) is 15.9 Å². The quantitative estimate of drug-likeness (QED) is 0.675. The van der Waals surface area contributed by atoms with Crippen molar-refractivity contribution in [3.8, 4) is 0 Å². The minimum Gasteiger partial charge on any atom is -0.385 e. The summed E-state index contributed by atoms with van der Waals surface area (Å²) in [6, 6.07) is 6.12. The van der Waals surface area contributed by atoms with Crippen molar-refractivity contribution in [2.75, 3.05) is 45.4 Å². The minimum absolute atomic E-state index is 0.119. The van der Waals surface area contributed by atoms with Gasteiger partial charge in [0, 0.05) is 50.7 Å². The number of nitrogens with zero attached hydrogens (tertiary/aromatic N) is 1. The maximum atomic E-state index is 6.18. The second-order valence-corrected chi connectivity index (χ2v) is 5.72. The molecule has 1 aromatic rings. The van der Waals surface area contributed by atoms with Crippen LogP contribution in [0.5, 0.6) is 0 Å². The number of anilines is 1. The lowest BCUT2D eigenvalue weighted by molar-refractivity contribution is 0.191. The fraction of sp³-hybridized carbons (Fsp3) is 0.625. The van der Waals surface area contributed by atoms with E-state index >= 15 is 0 Å². The molecule has 21 heavy (non-hydrogen) atoms. The molecular formula is C16H27ClN2O2. The average Bonchev–Trinajstić information content (AvgIpc) is 2.44. The molecule has 0 radical (unpaired) electrons. The third-order valence-electron chi connectivity index (χ3n) is 3.27. The maximum absolute atomic E-state index is 6.18. The zero-order valence-corrected chi connectivity index (χ0v) is 14.0. The molecule has 0 spiro atoms. The standard InChI is InChI=1S/C16H27ClN2O2/c1-13(18)11-14-5-6-15(17)12-16(14)19(8-10-21-3)7-4-9-20-2/h5-6,12-13H,4,7-11,18H2,1-3H3. The van der Waals surface area contributed by atoms with Gasteiger partial charge in [-0.25, -0.2) is 0 Å². The number of nitrogens with two attached hydrogens (primary N) is 1. The van der Waals surface area contributed by atoms with E-state index in [1.807, 2.05) is 19.1 Å². The normalized spacial score (nSPS) is 12.4. The van der Waals surface area contributed by atoms with Gasteiger partial charge in [0.25, 0.3) is 0 Å². The highest BCUT2D eigenvalue weighted by molar-refractivity contribution is 6.30. The molecule has 0 aliphatic rings. The lowest BCUT2D eigenvalue weighted by atomic mass is 10.0. The summed E-state index contributed by atoms with van der Waals surface area (Å²) < 4.78 is 10.4. The average molecular weight is 315 g/mol. The summed E-state index contributed by atoms with van der Waals surface area (Å²) in [5.41, 5.74) is 8.33. The Morgan fingerprint density at radius 3 is 2.52 bits per heavy atom. The van der Waals surface area contributed by atoms with Crippen LogP contribution in [0.15, 0.2) is 18.2 Å². The largest absolute Gasteiger partial charge is 0.385 e. The van der Waals surface area contributed by atoms with Gasteiger partial charge in [-0.05, 0) is 37.5 Å². The molecule has 0 bridgehead atoms. The van der Waals surface area contributed by atoms with E-state index < -0.39 is 0 Å². The van der Waals surface area contributed by atoms with Crippen LogP contribution in [0.2, 0.25) is 5.02 Å². The molecule has 0 aliphatic heterocycles. The molecule has 0 fully saturated rings. The molecule has 2 N–H and O–H groups in total. The van der Waals surface area contributed by atoms with Crippen molar-refractivity contribution >= 4 is 17.3 Å². The minimum atomic E-state index is 0.119. The maximum Gasteiger partial charge on any atom is 0.0637 e. The summed E-state index contributed by atoms with van der Waals surface area (Å²) in [5.74, 6) is 0. The highest BCUT2D eigenvalue weighted by Gasteiger charge is 2.13. The van der Waals surface area contributed by atoms with Crippen LogP contribution in [-0.4, -0.2) is 46.6 Å². The van der Waals surface area contributed by atoms with Crippen LogP contribution in [0, 0.1) is 0 Å². The molecule has 1 atom stereocenters. The van der Waals surface area contributed by atoms with Crippen LogP contribution in [0.1, 0.15) is 18.9 Å². The van der Waals surface area contributed by atoms with E-state index in [9.17, 15) is 0 Å². The van der Waals surface area contributed by atoms with E-state index in [1.165, 1.54) is 5.56 Å². The molecule has 1 aromatic carbocycles. The van der Waals surface area contributed by atoms with Gasteiger partial charge in [-0.3, -0.25) is 0 Å². The highest BCUT2D eigenvalue weighted by atomic mass is 35.5. The van der Waals surface area contributed by atoms with Crippen molar-refractivity contribution < 1.29 is 9.47 Å². The van der Waals surface area contributed by atoms with Crippen molar-refractivity contribution in [3.63, 3.8) is 0 Å². The van der Waals surface area contributed by atoms with Gasteiger partial charge in [0.2, 0.25) is 0 Å². The molecule has 120 valence electrons. The zero-order valence-electron chi connectivity index (χ0n) is 13.3. The van der Waals surface area contributed by atoms with Crippen molar-refractivity contribution in [1.29, 1.82) is 0 Å². The van der Waals surface area contributed by atoms with Gasteiger partial charge in [0.15, 0.2) is 0 Å². The zero-order chi connectivity index (χ0) is 15.7. The Bertz CT molecular complexity index is 413. The first-order valence-corrected chi connectivity index (χ1v) is 7.73. The summed E-state index contributed by atoms with van der Waals surface area (Å²) in [6.07, 6.45) is 1.80. The SMILES string of the molecule is COCCCN(CCOC)c1cc(Cl)ccc1CC(C)N. The molecular weight excluding hydrogens is 288 g/mol. The van der Waals surface area contributed by atoms with Crippen LogP contribution in [0.4, 0.5) is 5.69 Å². The predicted octanol–water partition coefficient (Wildman–Crippen LogP) is 2.72. The molecule has 1 unspecified atom stereocenters. The number of methoxy groups -OCH3 is 2. The number of rotatable bonds is 10. The first-order valence-electron chi connectivity index (χ1n) is 7.35. The number of hydrogen-bond donors (Lipinski definition) is 1. The Hall–Kier alpha value is -0.810. The van der Waals surface area contributed by atoms with Gasteiger partial charge in [-0.15, -0.1) is 0 Å². The Balaban J connectivity index is 2.93. The fourth-order valence-corrected chi connectivity index (χ4v) is 2.47. The highest BCUT2D eigenvalue weighted by Crippen LogP contribution is 2.26. The Labute approximate surface area is 133 Å². The summed E-state index contributed by atoms with van der Waals surface area (Å²) in [7, 11) is 3.44. The van der Waals surface area contributed by atoms with E-state index in [2.05, 4.69) is 11.0 Å². The van der Waals surface area contributed by atoms with Crippen LogP contribution < -0.4 is 10.6 Å². The molecule has 0 saturated heterocycles. The predicted molar refractivity (Wildman–Crippen MR) is 89.4 cm³/mol. The molecule has 1 rings (SSSR count). The number of hydrogen-bond acceptors (Lipinski definition) is 4. The monoisotopic (exact) mass is 314 g/mol. The van der Waals surface area contributed by atoms with E-state index in [0.717, 1.165) is 43.2 Å². The molecule has 0 amide bonds. The van der Waals surface area contributed by atoms with Crippen LogP contribution >= 0.6 is 11.6 Å². The Morgan fingerprint density at radius 1 is 1.19 bits per heavy atom. The lowest BCUT2D eigenvalue weighted by Crippen LogP contribution is -2.30. The van der Waals surface area contributed by atoms with Crippen LogP contribution in [0.25, 0.3) is 0 Å². The summed E-state index contributed by atoms with van der Waals surface area (Å²) in [4.78, 5) is 2.30. The van der Waals surface area contributed by atoms with Crippen molar-refractivity contribution in [2.45, 2.75) is 25.8 Å². The summed E-state index contributed by atoms with van der Waals surface area (Å²) in [6.45, 7) is 5.17. The number of ether oxygens (including phenoxy) is 2. The lowest BCUT2D eigenvalue weighted by Gasteiger charge is -2.27. The second kappa shape index (κ2) is 10.0. The first-order chi connectivity index (χ1) is 10.1. The van der Waals surface area contributed by atoms with Crippen LogP contribution in [0.3, 0.4) is 0 Å². The van der Waals surface area contributed by atoms with Crippen molar-refractivity contribution in [3.05, 3.63) is 28.8 Å². The molecule has 0 heterocycles. The van der Waals surface area contributed by atoms with Gasteiger partial charge in [0.05, 0.1) is 6.61 Å². The molecule has 4 nitrogen and oxygen atoms in total. The number of halogens is 1. The third-order valence-corrected chi connectivity index (χ3v) is 3.51. The first kappa shape index (κ1) is 18.2. The van der Waals surface area contributed by atoms with E-state index in [0.29, 0.717) is 6.61 Å². The fourth-order valence-electron chi connectivity index (χ4n) is 2.30. The smallest absolute Gasteiger partial charge is 0.0637 e. The van der Waals surface area contributed by atoms with E-state index in [1.54, 1.807) is 14.2 Å². The number of benzene rings is 1. The summed E-state index contributed by atoms with van der Waals surface area (Å²) in [5, 5.41) is 0.743. The van der Waals surface area contributed by atoms with Crippen molar-refractivity contribution in [2.24, 2.45) is 5.73 Å². The third kappa shape index (κ3) is 6.66. The van der Waals surface area contributed by atoms with E-state index in [-0.39, 0.29) is 6.04 Å². The molecule has 5 heteroatoms. The van der Waals surface area contributed by atoms with E-state index in [4.69, 9.17) is 26.8 Å². The van der Waals surface area contributed by atoms with Gasteiger partial charge < -0.3 is 20.1 Å². The van der Waals surface area contributed by atoms with Crippen molar-refractivity contribution in [1.82, 2.24) is 0 Å². The summed E-state index contributed by atoms with van der Waals surface area (Å²) >= 11 is 6.18. The Kier molecular flexibility index (Phi) is 8.69. The van der Waals surface area contributed by atoms with Gasteiger partial charge >= 0.3 is 0 Å². The van der Waals surface area contributed by atoms with Gasteiger partial charge in [-0.2, -0.15) is 0 Å². The molecule has 0 saturated carbocycles. The molecule has 0 aromatic heterocycles. The topological polar surface area (TPSA) is 47.7 Å². The Morgan fingerprint density at radius 2 is 1.90 bits per heavy atom. The van der Waals surface area contributed by atoms with Gasteiger partial charge in [-0.1, -0.05) is 17.7 Å². The molecule has 0 aliphatic carbocycles.